The van der Waals surface area contributed by atoms with Crippen molar-refractivity contribution in [2.75, 3.05) is 29.6 Å². The number of nitrogens with one attached hydrogen (secondary N) is 1. The molecule has 10 heteroatoms. The lowest BCUT2D eigenvalue weighted by atomic mass is 10.1. The number of piperidine rings is 1. The number of pyridine rings is 1. The molecule has 30 heavy (non-hydrogen) atoms. The van der Waals surface area contributed by atoms with Crippen LogP contribution in [-0.2, 0) is 9.84 Å². The van der Waals surface area contributed by atoms with E-state index in [1.54, 1.807) is 18.5 Å². The first-order valence-corrected chi connectivity index (χ1v) is 12.1. The van der Waals surface area contributed by atoms with Crippen molar-refractivity contribution in [1.82, 2.24) is 24.5 Å². The number of rotatable bonds is 5. The van der Waals surface area contributed by atoms with Crippen molar-refractivity contribution in [3.8, 4) is 0 Å². The van der Waals surface area contributed by atoms with Gasteiger partial charge in [0, 0.05) is 37.7 Å². The van der Waals surface area contributed by atoms with Crippen molar-refractivity contribution in [2.24, 2.45) is 0 Å². The summed E-state index contributed by atoms with van der Waals surface area (Å²) in [6.07, 6.45) is 5.97. The Hall–Kier alpha value is -2.75. The second-order valence-electron chi connectivity index (χ2n) is 8.06. The fourth-order valence-corrected chi connectivity index (χ4v) is 5.09. The highest BCUT2D eigenvalue weighted by molar-refractivity contribution is 7.91. The Morgan fingerprint density at radius 1 is 1.13 bits per heavy atom. The molecule has 0 aromatic carbocycles. The molecule has 0 unspecified atom stereocenters. The van der Waals surface area contributed by atoms with Crippen LogP contribution in [0, 0.1) is 6.92 Å². The number of hydrogen-bond donors (Lipinski definition) is 1. The van der Waals surface area contributed by atoms with Gasteiger partial charge in [-0.15, -0.1) is 0 Å². The highest BCUT2D eigenvalue weighted by Crippen LogP contribution is 2.25. The van der Waals surface area contributed by atoms with E-state index in [0.29, 0.717) is 49.6 Å². The van der Waals surface area contributed by atoms with Crippen LogP contribution in [0.3, 0.4) is 0 Å². The zero-order chi connectivity index (χ0) is 21.5. The maximum atomic E-state index is 11.8. The van der Waals surface area contributed by atoms with Crippen molar-refractivity contribution in [3.05, 3.63) is 30.4 Å². The summed E-state index contributed by atoms with van der Waals surface area (Å²) in [7, 11) is -3.00. The molecule has 0 atom stereocenters. The second kappa shape index (κ2) is 7.82. The molecule has 160 valence electrons. The van der Waals surface area contributed by atoms with E-state index in [9.17, 15) is 8.42 Å². The molecule has 3 aromatic rings. The Bertz CT molecular complexity index is 1170. The molecule has 0 radical (unpaired) electrons. The standard InChI is InChI=1S/C20H27N7O2S/c1-13(2)27-14(3)23-16-12-22-19(11-17(16)27)24-18-5-8-21-20(25-18)26-9-6-15(7-10-26)30(4,28)29/h5,8,11-13,15H,6-7,9-10H2,1-4H3,(H,21,22,24,25). The molecule has 1 aliphatic heterocycles. The third kappa shape index (κ3) is 4.09. The maximum absolute atomic E-state index is 11.8. The zero-order valence-electron chi connectivity index (χ0n) is 17.7. The van der Waals surface area contributed by atoms with Crippen LogP contribution in [-0.4, -0.2) is 57.5 Å². The largest absolute Gasteiger partial charge is 0.341 e. The number of fused-ring (bicyclic) bond motifs is 1. The predicted octanol–water partition coefficient (Wildman–Crippen LogP) is 2.87. The van der Waals surface area contributed by atoms with Gasteiger partial charge >= 0.3 is 0 Å². The Labute approximate surface area is 176 Å². The van der Waals surface area contributed by atoms with Crippen molar-refractivity contribution in [2.45, 2.75) is 44.9 Å². The van der Waals surface area contributed by atoms with Crippen LogP contribution in [0.1, 0.15) is 38.6 Å². The number of nitrogens with zero attached hydrogens (tertiary/aromatic N) is 6. The van der Waals surface area contributed by atoms with E-state index in [1.807, 2.05) is 17.9 Å². The minimum atomic E-state index is -3.00. The van der Waals surface area contributed by atoms with E-state index >= 15 is 0 Å². The first-order chi connectivity index (χ1) is 14.2. The molecule has 1 aliphatic rings. The van der Waals surface area contributed by atoms with Crippen LogP contribution in [0.4, 0.5) is 17.6 Å². The molecule has 1 N–H and O–H groups in total. The van der Waals surface area contributed by atoms with Crippen molar-refractivity contribution in [3.63, 3.8) is 0 Å². The fourth-order valence-electron chi connectivity index (χ4n) is 4.02. The summed E-state index contributed by atoms with van der Waals surface area (Å²) in [4.78, 5) is 20.1. The summed E-state index contributed by atoms with van der Waals surface area (Å²) < 4.78 is 25.7. The molecular formula is C20H27N7O2S. The molecule has 1 saturated heterocycles. The minimum absolute atomic E-state index is 0.278. The van der Waals surface area contributed by atoms with E-state index in [-0.39, 0.29) is 5.25 Å². The normalized spacial score (nSPS) is 15.8. The number of sulfone groups is 1. The molecule has 0 spiro atoms. The number of hydrogen-bond acceptors (Lipinski definition) is 8. The van der Waals surface area contributed by atoms with Crippen molar-refractivity contribution in [1.29, 1.82) is 0 Å². The topological polar surface area (TPSA) is 106 Å². The van der Waals surface area contributed by atoms with Gasteiger partial charge in [0.1, 0.15) is 32.8 Å². The molecule has 4 rings (SSSR count). The highest BCUT2D eigenvalue weighted by Gasteiger charge is 2.27. The Balaban J connectivity index is 1.53. The maximum Gasteiger partial charge on any atom is 0.227 e. The van der Waals surface area contributed by atoms with Crippen LogP contribution in [0.5, 0.6) is 0 Å². The van der Waals surface area contributed by atoms with Gasteiger partial charge in [0.15, 0.2) is 0 Å². The van der Waals surface area contributed by atoms with Crippen LogP contribution in [0.2, 0.25) is 0 Å². The highest BCUT2D eigenvalue weighted by atomic mass is 32.2. The third-order valence-corrected chi connectivity index (χ3v) is 7.18. The first kappa shape index (κ1) is 20.5. The smallest absolute Gasteiger partial charge is 0.227 e. The lowest BCUT2D eigenvalue weighted by Gasteiger charge is -2.31. The van der Waals surface area contributed by atoms with Crippen LogP contribution in [0.25, 0.3) is 11.0 Å². The molecule has 0 saturated carbocycles. The summed E-state index contributed by atoms with van der Waals surface area (Å²) in [5, 5.41) is 2.98. The summed E-state index contributed by atoms with van der Waals surface area (Å²) in [6.45, 7) is 7.50. The first-order valence-electron chi connectivity index (χ1n) is 10.1. The minimum Gasteiger partial charge on any atom is -0.341 e. The monoisotopic (exact) mass is 429 g/mol. The van der Waals surface area contributed by atoms with Gasteiger partial charge in [-0.3, -0.25) is 0 Å². The Morgan fingerprint density at radius 3 is 2.53 bits per heavy atom. The van der Waals surface area contributed by atoms with Gasteiger partial charge in [0.25, 0.3) is 0 Å². The second-order valence-corrected chi connectivity index (χ2v) is 10.4. The van der Waals surface area contributed by atoms with Crippen molar-refractivity contribution >= 4 is 38.5 Å². The van der Waals surface area contributed by atoms with Gasteiger partial charge in [-0.05, 0) is 39.7 Å². The number of aryl methyl sites for hydroxylation is 1. The Kier molecular flexibility index (Phi) is 5.35. The summed E-state index contributed by atoms with van der Waals surface area (Å²) >= 11 is 0. The van der Waals surface area contributed by atoms with E-state index in [1.165, 1.54) is 6.26 Å². The number of imidazole rings is 1. The molecule has 4 heterocycles. The van der Waals surface area contributed by atoms with E-state index in [4.69, 9.17) is 0 Å². The molecular weight excluding hydrogens is 402 g/mol. The SMILES string of the molecule is Cc1nc2cnc(Nc3ccnc(N4CCC(S(C)(=O)=O)CC4)n3)cc2n1C(C)C. The lowest BCUT2D eigenvalue weighted by Crippen LogP contribution is -2.39. The van der Waals surface area contributed by atoms with Gasteiger partial charge in [0.2, 0.25) is 5.95 Å². The van der Waals surface area contributed by atoms with E-state index in [2.05, 4.69) is 43.7 Å². The van der Waals surface area contributed by atoms with Crippen LogP contribution < -0.4 is 10.2 Å². The predicted molar refractivity (Wildman–Crippen MR) is 118 cm³/mol. The summed E-state index contributed by atoms with van der Waals surface area (Å²) in [5.74, 6) is 2.88. The van der Waals surface area contributed by atoms with Crippen LogP contribution >= 0.6 is 0 Å². The molecule has 0 aliphatic carbocycles. The van der Waals surface area contributed by atoms with Crippen LogP contribution in [0.15, 0.2) is 24.5 Å². The van der Waals surface area contributed by atoms with E-state index < -0.39 is 9.84 Å². The average molecular weight is 430 g/mol. The van der Waals surface area contributed by atoms with Crippen molar-refractivity contribution < 1.29 is 8.42 Å². The lowest BCUT2D eigenvalue weighted by molar-refractivity contribution is 0.530. The molecule has 0 bridgehead atoms. The third-order valence-electron chi connectivity index (χ3n) is 5.50. The number of aromatic nitrogens is 5. The molecule has 3 aromatic heterocycles. The Morgan fingerprint density at radius 2 is 1.87 bits per heavy atom. The average Bonchev–Trinajstić information content (AvgIpc) is 3.03. The fraction of sp³-hybridized carbons (Fsp3) is 0.500. The van der Waals surface area contributed by atoms with Gasteiger partial charge in [0.05, 0.1) is 17.0 Å². The molecule has 9 nitrogen and oxygen atoms in total. The van der Waals surface area contributed by atoms with Gasteiger partial charge in [-0.2, -0.15) is 4.98 Å². The number of anilines is 3. The summed E-state index contributed by atoms with van der Waals surface area (Å²) in [6, 6.07) is 4.07. The van der Waals surface area contributed by atoms with Gasteiger partial charge < -0.3 is 14.8 Å². The zero-order valence-corrected chi connectivity index (χ0v) is 18.5. The molecule has 1 fully saturated rings. The van der Waals surface area contributed by atoms with Gasteiger partial charge in [-0.1, -0.05) is 0 Å². The summed E-state index contributed by atoms with van der Waals surface area (Å²) in [5.41, 5.74) is 1.89. The van der Waals surface area contributed by atoms with Gasteiger partial charge in [-0.25, -0.2) is 23.4 Å². The quantitative estimate of drug-likeness (QED) is 0.660. The molecule has 0 amide bonds. The van der Waals surface area contributed by atoms with E-state index in [0.717, 1.165) is 16.9 Å².